The SMILES string of the molecule is CC(=O)N[C@@H]1[C@@H](Oc2ccc3ccccc3c2)O[C@@H]2CO[C@H](c3ccccc3)O[C@@H]2[C@H]1O. The third-order valence-electron chi connectivity index (χ3n) is 5.78. The van der Waals surface area contributed by atoms with Gasteiger partial charge in [-0.05, 0) is 22.9 Å². The molecule has 0 unspecified atom stereocenters. The second-order valence-electron chi connectivity index (χ2n) is 8.06. The van der Waals surface area contributed by atoms with Crippen LogP contribution in [-0.4, -0.2) is 48.3 Å². The van der Waals surface area contributed by atoms with Crippen molar-refractivity contribution < 1.29 is 28.8 Å². The number of benzene rings is 3. The first-order valence-electron chi connectivity index (χ1n) is 10.7. The van der Waals surface area contributed by atoms with Gasteiger partial charge in [-0.15, -0.1) is 0 Å². The Kier molecular flexibility index (Phi) is 5.80. The summed E-state index contributed by atoms with van der Waals surface area (Å²) in [5, 5.41) is 16.0. The van der Waals surface area contributed by atoms with E-state index in [1.54, 1.807) is 0 Å². The van der Waals surface area contributed by atoms with Crippen molar-refractivity contribution in [2.45, 2.75) is 43.9 Å². The van der Waals surface area contributed by atoms with Crippen molar-refractivity contribution >= 4 is 16.7 Å². The van der Waals surface area contributed by atoms with Gasteiger partial charge in [-0.25, -0.2) is 0 Å². The zero-order valence-electron chi connectivity index (χ0n) is 17.6. The van der Waals surface area contributed by atoms with Crippen molar-refractivity contribution in [1.29, 1.82) is 0 Å². The molecule has 0 radical (unpaired) electrons. The lowest BCUT2D eigenvalue weighted by Gasteiger charge is -2.47. The van der Waals surface area contributed by atoms with E-state index in [-0.39, 0.29) is 12.5 Å². The van der Waals surface area contributed by atoms with E-state index in [1.165, 1.54) is 6.92 Å². The lowest BCUT2D eigenvalue weighted by Crippen LogP contribution is -2.67. The van der Waals surface area contributed by atoms with Crippen LogP contribution in [0.3, 0.4) is 0 Å². The fraction of sp³-hybridized carbons (Fsp3) is 0.320. The first kappa shape index (κ1) is 20.9. The van der Waals surface area contributed by atoms with Crippen LogP contribution in [0.2, 0.25) is 0 Å². The highest BCUT2D eigenvalue weighted by Gasteiger charge is 2.50. The first-order valence-corrected chi connectivity index (χ1v) is 10.7. The second kappa shape index (κ2) is 8.88. The summed E-state index contributed by atoms with van der Waals surface area (Å²) in [4.78, 5) is 11.9. The van der Waals surface area contributed by atoms with E-state index in [1.807, 2.05) is 72.8 Å². The van der Waals surface area contributed by atoms with Gasteiger partial charge in [0, 0.05) is 12.5 Å². The van der Waals surface area contributed by atoms with Gasteiger partial charge in [-0.3, -0.25) is 4.79 Å². The van der Waals surface area contributed by atoms with Crippen molar-refractivity contribution in [1.82, 2.24) is 5.32 Å². The highest BCUT2D eigenvalue weighted by Crippen LogP contribution is 2.35. The van der Waals surface area contributed by atoms with Crippen LogP contribution < -0.4 is 10.1 Å². The second-order valence-corrected chi connectivity index (χ2v) is 8.06. The van der Waals surface area contributed by atoms with Crippen LogP contribution in [0, 0.1) is 0 Å². The molecule has 32 heavy (non-hydrogen) atoms. The van der Waals surface area contributed by atoms with Gasteiger partial charge < -0.3 is 29.4 Å². The van der Waals surface area contributed by atoms with Crippen LogP contribution in [-0.2, 0) is 19.0 Å². The fourth-order valence-corrected chi connectivity index (χ4v) is 4.24. The Hall–Kier alpha value is -2.97. The van der Waals surface area contributed by atoms with Gasteiger partial charge in [0.05, 0.1) is 6.61 Å². The molecule has 2 aliphatic rings. The van der Waals surface area contributed by atoms with E-state index in [0.717, 1.165) is 16.3 Å². The van der Waals surface area contributed by atoms with Gasteiger partial charge in [0.1, 0.15) is 30.1 Å². The summed E-state index contributed by atoms with van der Waals surface area (Å²) in [6.07, 6.45) is -3.79. The number of hydrogen-bond acceptors (Lipinski definition) is 6. The van der Waals surface area contributed by atoms with Crippen LogP contribution in [0.1, 0.15) is 18.8 Å². The molecule has 7 nitrogen and oxygen atoms in total. The Bertz CT molecular complexity index is 1090. The molecule has 0 aliphatic carbocycles. The number of carbonyl (C=O) groups excluding carboxylic acids is 1. The van der Waals surface area contributed by atoms with Gasteiger partial charge in [0.2, 0.25) is 12.2 Å². The Morgan fingerprint density at radius 3 is 2.53 bits per heavy atom. The minimum Gasteiger partial charge on any atom is -0.463 e. The minimum absolute atomic E-state index is 0.228. The minimum atomic E-state index is -1.04. The number of aliphatic hydroxyl groups excluding tert-OH is 1. The summed E-state index contributed by atoms with van der Waals surface area (Å²) in [7, 11) is 0. The van der Waals surface area contributed by atoms with Crippen LogP contribution in [0.25, 0.3) is 10.8 Å². The molecule has 166 valence electrons. The summed E-state index contributed by atoms with van der Waals surface area (Å²) >= 11 is 0. The monoisotopic (exact) mass is 435 g/mol. The molecule has 2 heterocycles. The molecule has 3 aromatic rings. The molecule has 6 atom stereocenters. The maximum absolute atomic E-state index is 11.9. The molecule has 0 aromatic heterocycles. The molecule has 2 saturated heterocycles. The predicted octanol–water partition coefficient (Wildman–Crippen LogP) is 2.92. The highest BCUT2D eigenvalue weighted by molar-refractivity contribution is 5.83. The lowest BCUT2D eigenvalue weighted by atomic mass is 9.95. The smallest absolute Gasteiger partial charge is 0.223 e. The van der Waals surface area contributed by atoms with Crippen LogP contribution in [0.15, 0.2) is 72.8 Å². The van der Waals surface area contributed by atoms with E-state index in [2.05, 4.69) is 5.32 Å². The maximum atomic E-state index is 11.9. The molecule has 7 heteroatoms. The number of carbonyl (C=O) groups is 1. The standard InChI is InChI=1S/C25H25NO6/c1-15(27)26-21-22(28)23-20(14-29-24(32-23)17-8-3-2-4-9-17)31-25(21)30-19-12-11-16-7-5-6-10-18(16)13-19/h2-13,20-25,28H,14H2,1H3,(H,26,27)/t20-,21+,22+,23+,24+,25+/m1/s1. The third kappa shape index (κ3) is 4.20. The third-order valence-corrected chi connectivity index (χ3v) is 5.78. The van der Waals surface area contributed by atoms with Gasteiger partial charge in [-0.2, -0.15) is 0 Å². The normalized spacial score (nSPS) is 29.8. The van der Waals surface area contributed by atoms with Crippen molar-refractivity contribution in [2.24, 2.45) is 0 Å². The average Bonchev–Trinajstić information content (AvgIpc) is 2.82. The Balaban J connectivity index is 1.37. The molecular weight excluding hydrogens is 410 g/mol. The van der Waals surface area contributed by atoms with Crippen LogP contribution >= 0.6 is 0 Å². The van der Waals surface area contributed by atoms with Gasteiger partial charge >= 0.3 is 0 Å². The molecule has 2 fully saturated rings. The summed E-state index contributed by atoms with van der Waals surface area (Å²) < 4.78 is 24.1. The zero-order valence-corrected chi connectivity index (χ0v) is 17.6. The van der Waals surface area contributed by atoms with Crippen molar-refractivity contribution in [2.75, 3.05) is 6.61 Å². The zero-order chi connectivity index (χ0) is 22.1. The maximum Gasteiger partial charge on any atom is 0.223 e. The number of aliphatic hydroxyl groups is 1. The molecule has 0 spiro atoms. The molecule has 2 aliphatic heterocycles. The summed E-state index contributed by atoms with van der Waals surface area (Å²) in [5.41, 5.74) is 0.851. The Labute approximate surface area is 185 Å². The van der Waals surface area contributed by atoms with Crippen LogP contribution in [0.5, 0.6) is 5.75 Å². The van der Waals surface area contributed by atoms with Crippen molar-refractivity contribution in [3.8, 4) is 5.75 Å². The quantitative estimate of drug-likeness (QED) is 0.656. The topological polar surface area (TPSA) is 86.3 Å². The first-order chi connectivity index (χ1) is 15.6. The highest BCUT2D eigenvalue weighted by atomic mass is 16.7. The Morgan fingerprint density at radius 1 is 1.00 bits per heavy atom. The lowest BCUT2D eigenvalue weighted by molar-refractivity contribution is -0.333. The Morgan fingerprint density at radius 2 is 1.75 bits per heavy atom. The predicted molar refractivity (Wildman–Crippen MR) is 117 cm³/mol. The molecule has 3 aromatic carbocycles. The average molecular weight is 435 g/mol. The van der Waals surface area contributed by atoms with E-state index >= 15 is 0 Å². The van der Waals surface area contributed by atoms with Crippen LogP contribution in [0.4, 0.5) is 0 Å². The number of rotatable bonds is 4. The van der Waals surface area contributed by atoms with E-state index < -0.39 is 36.9 Å². The van der Waals surface area contributed by atoms with Gasteiger partial charge in [0.15, 0.2) is 6.29 Å². The van der Waals surface area contributed by atoms with E-state index in [9.17, 15) is 9.90 Å². The number of hydrogen-bond donors (Lipinski definition) is 2. The van der Waals surface area contributed by atoms with E-state index in [0.29, 0.717) is 5.75 Å². The summed E-state index contributed by atoms with van der Waals surface area (Å²) in [6, 6.07) is 22.3. The van der Waals surface area contributed by atoms with Gasteiger partial charge in [-0.1, -0.05) is 60.7 Å². The van der Waals surface area contributed by atoms with E-state index in [4.69, 9.17) is 18.9 Å². The molecule has 5 rings (SSSR count). The number of ether oxygens (including phenoxy) is 4. The van der Waals surface area contributed by atoms with Gasteiger partial charge in [0.25, 0.3) is 0 Å². The summed E-state index contributed by atoms with van der Waals surface area (Å²) in [5.74, 6) is 0.282. The molecule has 1 amide bonds. The summed E-state index contributed by atoms with van der Waals surface area (Å²) in [6.45, 7) is 1.62. The largest absolute Gasteiger partial charge is 0.463 e. The van der Waals surface area contributed by atoms with Crippen molar-refractivity contribution in [3.05, 3.63) is 78.4 Å². The fourth-order valence-electron chi connectivity index (χ4n) is 4.24. The number of fused-ring (bicyclic) bond motifs is 2. The molecule has 0 bridgehead atoms. The number of amides is 1. The molecule has 2 N–H and O–H groups in total. The molecule has 0 saturated carbocycles. The number of nitrogens with one attached hydrogen (secondary N) is 1. The molecular formula is C25H25NO6. The van der Waals surface area contributed by atoms with Crippen molar-refractivity contribution in [3.63, 3.8) is 0 Å².